The number of aliphatic hydroxyl groups is 1. The summed E-state index contributed by atoms with van der Waals surface area (Å²) >= 11 is 3.35. The first kappa shape index (κ1) is 15.3. The third-order valence-corrected chi connectivity index (χ3v) is 4.30. The summed E-state index contributed by atoms with van der Waals surface area (Å²) < 4.78 is 6.09. The predicted octanol–water partition coefficient (Wildman–Crippen LogP) is 2.74. The van der Waals surface area contributed by atoms with Gasteiger partial charge in [-0.1, -0.05) is 28.8 Å². The smallest absolute Gasteiger partial charge is 0.255 e. The second kappa shape index (κ2) is 7.09. The third kappa shape index (κ3) is 3.73. The van der Waals surface area contributed by atoms with Gasteiger partial charge in [0, 0.05) is 16.9 Å². The Hall–Kier alpha value is -1.07. The summed E-state index contributed by atoms with van der Waals surface area (Å²) in [5.74, 6) is 0.544. The number of benzene rings is 1. The molecule has 1 saturated carbocycles. The van der Waals surface area contributed by atoms with Crippen LogP contribution in [0.25, 0.3) is 0 Å². The Kier molecular flexibility index (Phi) is 5.43. The average Bonchev–Trinajstić information content (AvgIpc) is 2.46. The van der Waals surface area contributed by atoms with Gasteiger partial charge in [-0.3, -0.25) is 4.79 Å². The third-order valence-electron chi connectivity index (χ3n) is 3.80. The van der Waals surface area contributed by atoms with E-state index in [1.54, 1.807) is 19.2 Å². The lowest BCUT2D eigenvalue weighted by Gasteiger charge is -2.27. The zero-order chi connectivity index (χ0) is 14.5. The molecule has 2 atom stereocenters. The van der Waals surface area contributed by atoms with Crippen LogP contribution in [0, 0.1) is 5.92 Å². The molecule has 0 heterocycles. The fourth-order valence-corrected chi connectivity index (χ4v) is 2.94. The first-order chi connectivity index (χ1) is 9.61. The normalized spacial score (nSPS) is 22.4. The van der Waals surface area contributed by atoms with Crippen molar-refractivity contribution in [1.82, 2.24) is 5.32 Å². The lowest BCUT2D eigenvalue weighted by atomic mass is 9.86. The summed E-state index contributed by atoms with van der Waals surface area (Å²) in [4.78, 5) is 12.2. The van der Waals surface area contributed by atoms with Crippen LogP contribution in [0.4, 0.5) is 0 Å². The summed E-state index contributed by atoms with van der Waals surface area (Å²) in [6, 6.07) is 5.31. The molecule has 2 rings (SSSR count). The molecule has 1 amide bonds. The van der Waals surface area contributed by atoms with Crippen molar-refractivity contribution in [2.24, 2.45) is 5.92 Å². The lowest BCUT2D eigenvalue weighted by Crippen LogP contribution is -2.36. The zero-order valence-electron chi connectivity index (χ0n) is 11.6. The lowest BCUT2D eigenvalue weighted by molar-refractivity contribution is 0.0662. The maximum atomic E-state index is 12.2. The molecule has 0 radical (unpaired) electrons. The van der Waals surface area contributed by atoms with Gasteiger partial charge in [0.1, 0.15) is 5.75 Å². The second-order valence-electron chi connectivity index (χ2n) is 5.17. The van der Waals surface area contributed by atoms with Crippen LogP contribution in [-0.4, -0.2) is 30.8 Å². The number of nitrogens with one attached hydrogen (secondary N) is 1. The largest absolute Gasteiger partial charge is 0.496 e. The van der Waals surface area contributed by atoms with E-state index in [0.29, 0.717) is 17.9 Å². The molecule has 2 N–H and O–H groups in total. The van der Waals surface area contributed by atoms with Gasteiger partial charge in [-0.05, 0) is 31.0 Å². The number of carbonyl (C=O) groups is 1. The summed E-state index contributed by atoms with van der Waals surface area (Å²) in [6.45, 7) is 0.513. The highest BCUT2D eigenvalue weighted by molar-refractivity contribution is 9.10. The minimum absolute atomic E-state index is 0.160. The molecule has 0 aromatic heterocycles. The maximum Gasteiger partial charge on any atom is 0.255 e. The number of hydrogen-bond acceptors (Lipinski definition) is 3. The van der Waals surface area contributed by atoms with Gasteiger partial charge in [-0.15, -0.1) is 0 Å². The highest BCUT2D eigenvalue weighted by Crippen LogP contribution is 2.25. The van der Waals surface area contributed by atoms with Crippen LogP contribution in [0.15, 0.2) is 22.7 Å². The number of methoxy groups -OCH3 is 1. The molecule has 4 nitrogen and oxygen atoms in total. The van der Waals surface area contributed by atoms with E-state index in [9.17, 15) is 9.90 Å². The van der Waals surface area contributed by atoms with Crippen molar-refractivity contribution in [2.75, 3.05) is 13.7 Å². The van der Waals surface area contributed by atoms with Crippen molar-refractivity contribution < 1.29 is 14.6 Å². The minimum atomic E-state index is -0.295. The van der Waals surface area contributed by atoms with E-state index in [-0.39, 0.29) is 17.9 Å². The maximum absolute atomic E-state index is 12.2. The molecule has 1 aromatic carbocycles. The van der Waals surface area contributed by atoms with E-state index in [2.05, 4.69) is 21.2 Å². The first-order valence-corrected chi connectivity index (χ1v) is 7.71. The quantitative estimate of drug-likeness (QED) is 0.885. The van der Waals surface area contributed by atoms with Gasteiger partial charge in [0.25, 0.3) is 5.91 Å². The van der Waals surface area contributed by atoms with Crippen molar-refractivity contribution in [3.63, 3.8) is 0 Å². The Balaban J connectivity index is 1.98. The number of hydrogen-bond donors (Lipinski definition) is 2. The molecular weight excluding hydrogens is 322 g/mol. The Morgan fingerprint density at radius 3 is 2.90 bits per heavy atom. The fourth-order valence-electron chi connectivity index (χ4n) is 2.60. The molecule has 1 aromatic rings. The van der Waals surface area contributed by atoms with E-state index in [0.717, 1.165) is 30.2 Å². The second-order valence-corrected chi connectivity index (χ2v) is 6.08. The van der Waals surface area contributed by atoms with Crippen molar-refractivity contribution in [3.05, 3.63) is 28.2 Å². The van der Waals surface area contributed by atoms with Gasteiger partial charge in [-0.2, -0.15) is 0 Å². The molecule has 110 valence electrons. The van der Waals surface area contributed by atoms with Gasteiger partial charge < -0.3 is 15.2 Å². The van der Waals surface area contributed by atoms with Crippen molar-refractivity contribution in [3.8, 4) is 5.75 Å². The number of aliphatic hydroxyl groups excluding tert-OH is 1. The monoisotopic (exact) mass is 341 g/mol. The number of ether oxygens (including phenoxy) is 1. The molecule has 0 bridgehead atoms. The number of rotatable bonds is 4. The van der Waals surface area contributed by atoms with Crippen LogP contribution in [0.1, 0.15) is 36.0 Å². The topological polar surface area (TPSA) is 58.6 Å². The van der Waals surface area contributed by atoms with Crippen LogP contribution in [0.5, 0.6) is 5.75 Å². The molecule has 5 heteroatoms. The van der Waals surface area contributed by atoms with E-state index >= 15 is 0 Å². The molecule has 1 fully saturated rings. The van der Waals surface area contributed by atoms with Crippen molar-refractivity contribution in [1.29, 1.82) is 0 Å². The Bertz CT molecular complexity index is 478. The van der Waals surface area contributed by atoms with Crippen molar-refractivity contribution in [2.45, 2.75) is 31.8 Å². The van der Waals surface area contributed by atoms with Gasteiger partial charge in [0.15, 0.2) is 0 Å². The summed E-state index contributed by atoms with van der Waals surface area (Å²) in [7, 11) is 1.55. The van der Waals surface area contributed by atoms with Crippen LogP contribution in [0.2, 0.25) is 0 Å². The SMILES string of the molecule is COc1cc(Br)ccc1C(=O)NCC1CCCCC1O. The van der Waals surface area contributed by atoms with Crippen LogP contribution in [-0.2, 0) is 0 Å². The van der Waals surface area contributed by atoms with Gasteiger partial charge >= 0.3 is 0 Å². The fraction of sp³-hybridized carbons (Fsp3) is 0.533. The predicted molar refractivity (Wildman–Crippen MR) is 81.0 cm³/mol. The van der Waals surface area contributed by atoms with E-state index in [1.165, 1.54) is 0 Å². The highest BCUT2D eigenvalue weighted by Gasteiger charge is 2.24. The highest BCUT2D eigenvalue weighted by atomic mass is 79.9. The van der Waals surface area contributed by atoms with Crippen LogP contribution in [0.3, 0.4) is 0 Å². The number of carbonyl (C=O) groups excluding carboxylic acids is 1. The first-order valence-electron chi connectivity index (χ1n) is 6.91. The molecule has 1 aliphatic rings. The number of amides is 1. The zero-order valence-corrected chi connectivity index (χ0v) is 13.1. The van der Waals surface area contributed by atoms with Crippen LogP contribution >= 0.6 is 15.9 Å². The molecule has 1 aliphatic carbocycles. The van der Waals surface area contributed by atoms with Gasteiger partial charge in [0.2, 0.25) is 0 Å². The molecule has 0 spiro atoms. The standard InChI is InChI=1S/C15H20BrNO3/c1-20-14-8-11(16)6-7-12(14)15(19)17-9-10-4-2-3-5-13(10)18/h6-8,10,13,18H,2-5,9H2,1H3,(H,17,19). The van der Waals surface area contributed by atoms with E-state index in [4.69, 9.17) is 4.74 Å². The average molecular weight is 342 g/mol. The minimum Gasteiger partial charge on any atom is -0.496 e. The summed E-state index contributed by atoms with van der Waals surface area (Å²) in [5, 5.41) is 12.8. The molecule has 0 saturated heterocycles. The van der Waals surface area contributed by atoms with E-state index < -0.39 is 0 Å². The number of halogens is 1. The molecule has 2 unspecified atom stereocenters. The Labute approximate surface area is 127 Å². The van der Waals surface area contributed by atoms with Gasteiger partial charge in [-0.25, -0.2) is 0 Å². The van der Waals surface area contributed by atoms with Crippen molar-refractivity contribution >= 4 is 21.8 Å². The Morgan fingerprint density at radius 2 is 2.20 bits per heavy atom. The van der Waals surface area contributed by atoms with E-state index in [1.807, 2.05) is 6.07 Å². The van der Waals surface area contributed by atoms with Gasteiger partial charge in [0.05, 0.1) is 18.8 Å². The molecular formula is C15H20BrNO3. The summed E-state index contributed by atoms with van der Waals surface area (Å²) in [6.07, 6.45) is 3.71. The van der Waals surface area contributed by atoms with Crippen LogP contribution < -0.4 is 10.1 Å². The molecule has 0 aliphatic heterocycles. The Morgan fingerprint density at radius 1 is 1.45 bits per heavy atom. The summed E-state index contributed by atoms with van der Waals surface area (Å²) in [5.41, 5.74) is 0.515. The molecule has 20 heavy (non-hydrogen) atoms.